The molecule has 0 saturated carbocycles. The van der Waals surface area contributed by atoms with Gasteiger partial charge in [-0.1, -0.05) is 19.9 Å². The SMILES string of the molecule is C#C.CC.CF.CN.CN=C(/C=C\CC(F)F)N1CCC(O)(CCNC(=O)C(C)C=N)CC1. The lowest BCUT2D eigenvalue weighted by Crippen LogP contribution is -2.47. The van der Waals surface area contributed by atoms with Crippen LogP contribution in [0.25, 0.3) is 0 Å². The summed E-state index contributed by atoms with van der Waals surface area (Å²) in [6.45, 7) is 7.15. The molecule has 0 radical (unpaired) electrons. The molecule has 1 aliphatic rings. The molecular formula is C23H44F3N5O2. The molecule has 0 spiro atoms. The number of aliphatic imine (C=N–C) groups is 1. The summed E-state index contributed by atoms with van der Waals surface area (Å²) in [5.41, 5.74) is 3.64. The van der Waals surface area contributed by atoms with E-state index in [0.717, 1.165) is 6.21 Å². The first kappa shape index (κ1) is 37.9. The number of amidine groups is 1. The van der Waals surface area contributed by atoms with E-state index in [1.165, 1.54) is 13.1 Å². The van der Waals surface area contributed by atoms with Crippen molar-refractivity contribution in [1.82, 2.24) is 10.2 Å². The van der Waals surface area contributed by atoms with Crippen LogP contribution in [0.4, 0.5) is 13.2 Å². The van der Waals surface area contributed by atoms with E-state index in [4.69, 9.17) is 5.41 Å². The first-order valence-electron chi connectivity index (χ1n) is 10.8. The van der Waals surface area contributed by atoms with E-state index in [0.29, 0.717) is 51.9 Å². The molecule has 1 fully saturated rings. The van der Waals surface area contributed by atoms with E-state index in [9.17, 15) is 23.1 Å². The van der Waals surface area contributed by atoms with Gasteiger partial charge in [0.15, 0.2) is 0 Å². The molecule has 1 rings (SSSR count). The molecule has 0 aromatic heterocycles. The highest BCUT2D eigenvalue weighted by Gasteiger charge is 2.32. The summed E-state index contributed by atoms with van der Waals surface area (Å²) < 4.78 is 33.9. The molecule has 0 aromatic rings. The number of likely N-dealkylation sites (tertiary alicyclic amines) is 1. The molecule has 1 atom stereocenters. The van der Waals surface area contributed by atoms with Crippen LogP contribution in [0.5, 0.6) is 0 Å². The standard InChI is InChI=1S/C17H28F2N4O2.C2H6.C2H2.CH3F.CH5N/c1-13(12-20)16(24)22-9-6-17(25)7-10-23(11-8-17)15(21-2)5-3-4-14(18)19;4*1-2/h3,5,12-14,20,25H,4,6-11H2,1-2H3,(H,22,24);1-2H3;1-2H;1H3;2H2,1H3/b5-3-,20-12?,21-15?;;;;. The number of carbonyl (C=O) groups excluding carboxylic acids is 1. The summed E-state index contributed by atoms with van der Waals surface area (Å²) in [7, 11) is 3.61. The summed E-state index contributed by atoms with van der Waals surface area (Å²) in [5, 5.41) is 20.4. The van der Waals surface area contributed by atoms with Gasteiger partial charge in [-0.15, -0.1) is 12.8 Å². The highest BCUT2D eigenvalue weighted by molar-refractivity contribution is 5.93. The van der Waals surface area contributed by atoms with Crippen molar-refractivity contribution in [1.29, 1.82) is 5.41 Å². The molecule has 0 bridgehead atoms. The first-order valence-corrected chi connectivity index (χ1v) is 10.8. The van der Waals surface area contributed by atoms with Crippen molar-refractivity contribution in [3.05, 3.63) is 12.2 Å². The molecule has 1 unspecified atom stereocenters. The molecule has 1 heterocycles. The van der Waals surface area contributed by atoms with Crippen molar-refractivity contribution in [2.45, 2.75) is 58.5 Å². The molecule has 10 heteroatoms. The fraction of sp³-hybridized carbons (Fsp3) is 0.696. The Morgan fingerprint density at radius 3 is 2.15 bits per heavy atom. The number of terminal acetylenes is 1. The maximum absolute atomic E-state index is 12.2. The van der Waals surface area contributed by atoms with Crippen LogP contribution in [-0.2, 0) is 4.79 Å². The van der Waals surface area contributed by atoms with Crippen molar-refractivity contribution >= 4 is 18.0 Å². The zero-order valence-electron chi connectivity index (χ0n) is 21.0. The van der Waals surface area contributed by atoms with Crippen molar-refractivity contribution in [2.75, 3.05) is 40.9 Å². The molecule has 0 aromatic carbocycles. The maximum atomic E-state index is 12.2. The number of allylic oxidation sites excluding steroid dienone is 1. The van der Waals surface area contributed by atoms with Crippen LogP contribution in [0.15, 0.2) is 17.1 Å². The van der Waals surface area contributed by atoms with E-state index in [1.54, 1.807) is 20.0 Å². The summed E-state index contributed by atoms with van der Waals surface area (Å²) in [4.78, 5) is 17.7. The number of hydrogen-bond acceptors (Lipinski definition) is 5. The second-order valence-corrected chi connectivity index (χ2v) is 6.32. The van der Waals surface area contributed by atoms with Gasteiger partial charge >= 0.3 is 0 Å². The zero-order chi connectivity index (χ0) is 26.9. The smallest absolute Gasteiger partial charge is 0.242 e. The Labute approximate surface area is 198 Å². The van der Waals surface area contributed by atoms with Gasteiger partial charge in [0, 0.05) is 39.3 Å². The number of piperidine rings is 1. The van der Waals surface area contributed by atoms with Crippen LogP contribution in [0.1, 0.15) is 46.5 Å². The lowest BCUT2D eigenvalue weighted by Gasteiger charge is -2.39. The lowest BCUT2D eigenvalue weighted by molar-refractivity contribution is -0.122. The molecule has 7 nitrogen and oxygen atoms in total. The third-order valence-corrected chi connectivity index (χ3v) is 4.38. The van der Waals surface area contributed by atoms with Crippen LogP contribution >= 0.6 is 0 Å². The minimum absolute atomic E-state index is 0.222. The molecule has 1 saturated heterocycles. The highest BCUT2D eigenvalue weighted by Crippen LogP contribution is 2.25. The largest absolute Gasteiger partial charge is 0.390 e. The van der Waals surface area contributed by atoms with Gasteiger partial charge in [-0.2, -0.15) is 0 Å². The Morgan fingerprint density at radius 1 is 1.27 bits per heavy atom. The number of nitrogens with one attached hydrogen (secondary N) is 2. The van der Waals surface area contributed by atoms with E-state index in [-0.39, 0.29) is 12.3 Å². The fourth-order valence-corrected chi connectivity index (χ4v) is 2.65. The number of amides is 1. The van der Waals surface area contributed by atoms with Gasteiger partial charge < -0.3 is 26.5 Å². The Morgan fingerprint density at radius 2 is 1.76 bits per heavy atom. The van der Waals surface area contributed by atoms with E-state index < -0.39 is 17.9 Å². The molecule has 1 amide bonds. The van der Waals surface area contributed by atoms with Gasteiger partial charge in [-0.25, -0.2) is 8.78 Å². The quantitative estimate of drug-likeness (QED) is 0.243. The Hall–Kier alpha value is -2.38. The van der Waals surface area contributed by atoms with Crippen LogP contribution < -0.4 is 11.1 Å². The van der Waals surface area contributed by atoms with Crippen molar-refractivity contribution < 1.29 is 23.1 Å². The fourth-order valence-electron chi connectivity index (χ4n) is 2.65. The van der Waals surface area contributed by atoms with Crippen molar-refractivity contribution in [2.24, 2.45) is 16.6 Å². The predicted octanol–water partition coefficient (Wildman–Crippen LogP) is 3.28. The Kier molecular flexibility index (Phi) is 29.7. The third kappa shape index (κ3) is 18.9. The number of aliphatic hydroxyl groups is 1. The monoisotopic (exact) mass is 479 g/mol. The summed E-state index contributed by atoms with van der Waals surface area (Å²) in [6.07, 6.45) is 10.9. The average molecular weight is 480 g/mol. The molecule has 33 heavy (non-hydrogen) atoms. The number of carbonyl (C=O) groups is 1. The third-order valence-electron chi connectivity index (χ3n) is 4.38. The Bertz CT molecular complexity index is 547. The van der Waals surface area contributed by atoms with E-state index >= 15 is 0 Å². The average Bonchev–Trinajstić information content (AvgIpc) is 2.86. The minimum Gasteiger partial charge on any atom is -0.390 e. The van der Waals surface area contributed by atoms with Gasteiger partial charge in [0.2, 0.25) is 12.3 Å². The number of rotatable bonds is 8. The number of alkyl halides is 3. The van der Waals surface area contributed by atoms with E-state index in [1.807, 2.05) is 18.7 Å². The molecule has 194 valence electrons. The predicted molar refractivity (Wildman–Crippen MR) is 133 cm³/mol. The topological polar surface area (TPSA) is 115 Å². The van der Waals surface area contributed by atoms with Gasteiger partial charge in [-0.3, -0.25) is 14.2 Å². The van der Waals surface area contributed by atoms with Crippen molar-refractivity contribution in [3.8, 4) is 12.8 Å². The van der Waals surface area contributed by atoms with Crippen LogP contribution in [-0.4, -0.2) is 80.9 Å². The number of halogens is 3. The number of nitrogens with zero attached hydrogens (tertiary/aromatic N) is 2. The maximum Gasteiger partial charge on any atom is 0.242 e. The molecule has 1 aliphatic heterocycles. The van der Waals surface area contributed by atoms with Gasteiger partial charge in [0.05, 0.1) is 18.7 Å². The number of nitrogens with two attached hydrogens (primary N) is 1. The van der Waals surface area contributed by atoms with Gasteiger partial charge in [-0.05, 0) is 39.3 Å². The minimum atomic E-state index is -2.37. The Balaban J connectivity index is -0.000000472. The molecule has 0 aliphatic carbocycles. The van der Waals surface area contributed by atoms with Crippen LogP contribution in [0.2, 0.25) is 0 Å². The van der Waals surface area contributed by atoms with Crippen LogP contribution in [0, 0.1) is 24.2 Å². The molecular weight excluding hydrogens is 435 g/mol. The normalized spacial score (nSPS) is 15.2. The molecule has 5 N–H and O–H groups in total. The van der Waals surface area contributed by atoms with Crippen LogP contribution in [0.3, 0.4) is 0 Å². The van der Waals surface area contributed by atoms with Gasteiger partial charge in [0.25, 0.3) is 0 Å². The van der Waals surface area contributed by atoms with E-state index in [2.05, 4.69) is 28.9 Å². The second-order valence-electron chi connectivity index (χ2n) is 6.32. The first-order chi connectivity index (χ1) is 15.8. The zero-order valence-corrected chi connectivity index (χ0v) is 21.0. The highest BCUT2D eigenvalue weighted by atomic mass is 19.3. The van der Waals surface area contributed by atoms with Crippen molar-refractivity contribution in [3.63, 3.8) is 0 Å². The lowest BCUT2D eigenvalue weighted by atomic mass is 9.88. The number of hydrogen-bond donors (Lipinski definition) is 4. The summed E-state index contributed by atoms with van der Waals surface area (Å²) in [6, 6.07) is 0. The van der Waals surface area contributed by atoms with Gasteiger partial charge in [0.1, 0.15) is 5.84 Å². The summed E-state index contributed by atoms with van der Waals surface area (Å²) >= 11 is 0. The summed E-state index contributed by atoms with van der Waals surface area (Å²) in [5.74, 6) is -0.0590. The second kappa shape index (κ2) is 25.9.